The Balaban J connectivity index is 1.47. The summed E-state index contributed by atoms with van der Waals surface area (Å²) in [7, 11) is 0. The number of nitriles is 1. The minimum atomic E-state index is -0.233. The van der Waals surface area contributed by atoms with Crippen LogP contribution in [0.1, 0.15) is 5.56 Å². The van der Waals surface area contributed by atoms with Gasteiger partial charge in [-0.15, -0.1) is 11.3 Å². The van der Waals surface area contributed by atoms with E-state index in [1.165, 1.54) is 16.5 Å². The maximum atomic E-state index is 12.5. The molecule has 1 aromatic heterocycles. The van der Waals surface area contributed by atoms with Crippen LogP contribution in [0.5, 0.6) is 0 Å². The summed E-state index contributed by atoms with van der Waals surface area (Å²) in [5.41, 5.74) is 4.19. The summed E-state index contributed by atoms with van der Waals surface area (Å²) in [6, 6.07) is 16.1. The van der Waals surface area contributed by atoms with Crippen molar-refractivity contribution in [1.29, 1.82) is 5.26 Å². The highest BCUT2D eigenvalue weighted by molar-refractivity contribution is 7.21. The number of fused-ring (bicyclic) bond motifs is 1. The SMILES string of the molecule is Cc1ccc2nc(-c3ccc(N/C=C(/C#N)C(=O)N4CCNCC4)cc3)sc2c1. The number of aromatic nitrogens is 1. The molecule has 3 aromatic rings. The summed E-state index contributed by atoms with van der Waals surface area (Å²) in [5.74, 6) is -0.233. The molecule has 2 N–H and O–H groups in total. The largest absolute Gasteiger partial charge is 0.360 e. The van der Waals surface area contributed by atoms with Gasteiger partial charge in [0.1, 0.15) is 16.6 Å². The third-order valence-electron chi connectivity index (χ3n) is 4.81. The summed E-state index contributed by atoms with van der Waals surface area (Å²) < 4.78 is 1.18. The molecule has 0 unspecified atom stereocenters. The van der Waals surface area contributed by atoms with Gasteiger partial charge >= 0.3 is 0 Å². The number of hydrogen-bond acceptors (Lipinski definition) is 6. The molecule has 29 heavy (non-hydrogen) atoms. The Bertz CT molecular complexity index is 1100. The van der Waals surface area contributed by atoms with Crippen LogP contribution < -0.4 is 10.6 Å². The van der Waals surface area contributed by atoms with Crippen molar-refractivity contribution in [2.45, 2.75) is 6.92 Å². The van der Waals surface area contributed by atoms with E-state index in [0.717, 1.165) is 34.9 Å². The molecule has 2 aromatic carbocycles. The maximum Gasteiger partial charge on any atom is 0.266 e. The van der Waals surface area contributed by atoms with E-state index in [1.807, 2.05) is 36.4 Å². The molecular weight excluding hydrogens is 382 g/mol. The third kappa shape index (κ3) is 4.29. The van der Waals surface area contributed by atoms with E-state index < -0.39 is 0 Å². The first-order chi connectivity index (χ1) is 14.1. The number of hydrogen-bond donors (Lipinski definition) is 2. The first-order valence-electron chi connectivity index (χ1n) is 9.48. The highest BCUT2D eigenvalue weighted by Gasteiger charge is 2.19. The number of thiazole rings is 1. The van der Waals surface area contributed by atoms with Gasteiger partial charge in [0.15, 0.2) is 0 Å². The molecule has 2 heterocycles. The Morgan fingerprint density at radius 1 is 1.24 bits per heavy atom. The zero-order valence-corrected chi connectivity index (χ0v) is 16.9. The molecule has 0 radical (unpaired) electrons. The van der Waals surface area contributed by atoms with Crippen LogP contribution in [0.3, 0.4) is 0 Å². The fourth-order valence-electron chi connectivity index (χ4n) is 3.20. The predicted octanol–water partition coefficient (Wildman–Crippen LogP) is 3.52. The van der Waals surface area contributed by atoms with Gasteiger partial charge in [0, 0.05) is 43.6 Å². The monoisotopic (exact) mass is 403 g/mol. The highest BCUT2D eigenvalue weighted by Crippen LogP contribution is 2.31. The Morgan fingerprint density at radius 3 is 2.72 bits per heavy atom. The first-order valence-corrected chi connectivity index (χ1v) is 10.3. The van der Waals surface area contributed by atoms with Crippen LogP contribution in [0.15, 0.2) is 54.2 Å². The normalized spacial score (nSPS) is 14.6. The standard InChI is InChI=1S/C22H21N5OS/c1-15-2-7-19-20(12-15)29-21(26-19)16-3-5-18(6-4-16)25-14-17(13-23)22(28)27-10-8-24-9-11-27/h2-7,12,14,24-25H,8-11H2,1H3/b17-14-. The van der Waals surface area contributed by atoms with Crippen LogP contribution in [-0.4, -0.2) is 42.0 Å². The number of nitrogens with zero attached hydrogens (tertiary/aromatic N) is 3. The smallest absolute Gasteiger partial charge is 0.266 e. The number of benzene rings is 2. The van der Waals surface area contributed by atoms with Crippen molar-refractivity contribution in [3.63, 3.8) is 0 Å². The number of carbonyl (C=O) groups excluding carboxylic acids is 1. The molecule has 4 rings (SSSR count). The lowest BCUT2D eigenvalue weighted by Crippen LogP contribution is -2.46. The van der Waals surface area contributed by atoms with Crippen molar-refractivity contribution in [2.75, 3.05) is 31.5 Å². The second-order valence-electron chi connectivity index (χ2n) is 6.92. The molecule has 1 fully saturated rings. The number of piperazine rings is 1. The van der Waals surface area contributed by atoms with Crippen LogP contribution in [0, 0.1) is 18.3 Å². The van der Waals surface area contributed by atoms with Gasteiger partial charge in [-0.05, 0) is 48.9 Å². The van der Waals surface area contributed by atoms with Crippen molar-refractivity contribution < 1.29 is 4.79 Å². The summed E-state index contributed by atoms with van der Waals surface area (Å²) >= 11 is 1.67. The molecule has 7 heteroatoms. The van der Waals surface area contributed by atoms with Crippen molar-refractivity contribution in [1.82, 2.24) is 15.2 Å². The molecular formula is C22H21N5OS. The van der Waals surface area contributed by atoms with E-state index in [9.17, 15) is 10.1 Å². The topological polar surface area (TPSA) is 81.0 Å². The lowest BCUT2D eigenvalue weighted by atomic mass is 10.2. The highest BCUT2D eigenvalue weighted by atomic mass is 32.1. The van der Waals surface area contributed by atoms with E-state index in [-0.39, 0.29) is 11.5 Å². The predicted molar refractivity (Wildman–Crippen MR) is 117 cm³/mol. The average Bonchev–Trinajstić information content (AvgIpc) is 3.18. The van der Waals surface area contributed by atoms with Gasteiger partial charge < -0.3 is 15.5 Å². The molecule has 0 aliphatic carbocycles. The second-order valence-corrected chi connectivity index (χ2v) is 7.95. The van der Waals surface area contributed by atoms with Crippen molar-refractivity contribution in [3.8, 4) is 16.6 Å². The van der Waals surface area contributed by atoms with Crippen LogP contribution in [0.25, 0.3) is 20.8 Å². The van der Waals surface area contributed by atoms with Crippen LogP contribution in [-0.2, 0) is 4.79 Å². The number of anilines is 1. The molecule has 0 atom stereocenters. The van der Waals surface area contributed by atoms with Gasteiger partial charge in [0.25, 0.3) is 5.91 Å². The van der Waals surface area contributed by atoms with E-state index in [4.69, 9.17) is 4.98 Å². The van der Waals surface area contributed by atoms with Crippen LogP contribution in [0.2, 0.25) is 0 Å². The summed E-state index contributed by atoms with van der Waals surface area (Å²) in [6.45, 7) is 4.83. The molecule has 0 bridgehead atoms. The Kier molecular flexibility index (Phi) is 5.56. The second kappa shape index (κ2) is 8.43. The number of carbonyl (C=O) groups is 1. The lowest BCUT2D eigenvalue weighted by molar-refractivity contribution is -0.127. The van der Waals surface area contributed by atoms with Gasteiger partial charge in [-0.2, -0.15) is 5.26 Å². The average molecular weight is 404 g/mol. The number of rotatable bonds is 4. The zero-order chi connectivity index (χ0) is 20.2. The van der Waals surface area contributed by atoms with Crippen LogP contribution >= 0.6 is 11.3 Å². The fraction of sp³-hybridized carbons (Fsp3) is 0.227. The van der Waals surface area contributed by atoms with Gasteiger partial charge in [0.2, 0.25) is 0 Å². The number of nitrogens with one attached hydrogen (secondary N) is 2. The van der Waals surface area contributed by atoms with E-state index in [2.05, 4.69) is 29.7 Å². The van der Waals surface area contributed by atoms with Gasteiger partial charge in [-0.25, -0.2) is 4.98 Å². The molecule has 146 valence electrons. The van der Waals surface area contributed by atoms with Crippen molar-refractivity contribution in [3.05, 3.63) is 59.8 Å². The molecule has 0 saturated carbocycles. The van der Waals surface area contributed by atoms with Crippen LogP contribution in [0.4, 0.5) is 5.69 Å². The van der Waals surface area contributed by atoms with E-state index in [0.29, 0.717) is 13.1 Å². The molecule has 1 amide bonds. The minimum absolute atomic E-state index is 0.109. The maximum absolute atomic E-state index is 12.5. The van der Waals surface area contributed by atoms with Crippen molar-refractivity contribution in [2.24, 2.45) is 0 Å². The number of amides is 1. The van der Waals surface area contributed by atoms with E-state index in [1.54, 1.807) is 16.2 Å². The lowest BCUT2D eigenvalue weighted by Gasteiger charge is -2.27. The van der Waals surface area contributed by atoms with Gasteiger partial charge in [-0.3, -0.25) is 4.79 Å². The molecule has 0 spiro atoms. The Labute approximate surface area is 173 Å². The Hall–Kier alpha value is -3.21. The Morgan fingerprint density at radius 2 is 2.00 bits per heavy atom. The van der Waals surface area contributed by atoms with E-state index >= 15 is 0 Å². The van der Waals surface area contributed by atoms with Gasteiger partial charge in [0.05, 0.1) is 10.2 Å². The number of aryl methyl sites for hydroxylation is 1. The molecule has 6 nitrogen and oxygen atoms in total. The summed E-state index contributed by atoms with van der Waals surface area (Å²) in [4.78, 5) is 18.9. The quantitative estimate of drug-likeness (QED) is 0.515. The molecule has 1 aliphatic heterocycles. The minimum Gasteiger partial charge on any atom is -0.360 e. The summed E-state index contributed by atoms with van der Waals surface area (Å²) in [6.07, 6.45) is 1.49. The van der Waals surface area contributed by atoms with Gasteiger partial charge in [-0.1, -0.05) is 6.07 Å². The molecule has 1 saturated heterocycles. The van der Waals surface area contributed by atoms with Crippen molar-refractivity contribution >= 4 is 33.1 Å². The fourth-order valence-corrected chi connectivity index (χ4v) is 4.27. The zero-order valence-electron chi connectivity index (χ0n) is 16.1. The summed E-state index contributed by atoms with van der Waals surface area (Å²) in [5, 5.41) is 16.6. The molecule has 1 aliphatic rings. The third-order valence-corrected chi connectivity index (χ3v) is 5.88. The first kappa shape index (κ1) is 19.1.